The van der Waals surface area contributed by atoms with E-state index in [1.165, 1.54) is 0 Å². The van der Waals surface area contributed by atoms with Gasteiger partial charge in [-0.05, 0) is 61.8 Å². The average Bonchev–Trinajstić information content (AvgIpc) is 2.67. The van der Waals surface area contributed by atoms with Crippen LogP contribution in [-0.4, -0.2) is 11.8 Å². The molecule has 0 spiro atoms. The van der Waals surface area contributed by atoms with Gasteiger partial charge in [-0.25, -0.2) is 0 Å². The Hall–Kier alpha value is -2.62. The minimum Gasteiger partial charge on any atom is -0.278 e. The molecule has 2 aromatic carbocycles. The number of nitrogens with zero attached hydrogens (tertiary/aromatic N) is 2. The number of aryl methyl sites for hydroxylation is 2. The van der Waals surface area contributed by atoms with Crippen LogP contribution in [0.1, 0.15) is 75.6 Å². The third-order valence-electron chi connectivity index (χ3n) is 5.90. The molecule has 0 N–H and O–H groups in total. The Morgan fingerprint density at radius 2 is 1.10 bits per heavy atom. The summed E-state index contributed by atoms with van der Waals surface area (Å²) in [5, 5.41) is 0. The van der Waals surface area contributed by atoms with Crippen molar-refractivity contribution in [1.82, 2.24) is 0 Å². The summed E-state index contributed by atoms with van der Waals surface area (Å²) in [6.07, 6.45) is 0. The first-order chi connectivity index (χ1) is 14.0. The molecule has 3 rings (SSSR count). The Labute approximate surface area is 180 Å². The first kappa shape index (κ1) is 22.1. The molecule has 0 aromatic heterocycles. The van der Waals surface area contributed by atoms with Gasteiger partial charge in [0.05, 0.1) is 11.4 Å². The molecule has 0 atom stereocenters. The third-order valence-corrected chi connectivity index (χ3v) is 5.90. The van der Waals surface area contributed by atoms with Crippen LogP contribution in [0.15, 0.2) is 36.4 Å². The van der Waals surface area contributed by atoms with E-state index in [-0.39, 0.29) is 23.7 Å². The number of anilines is 2. The van der Waals surface area contributed by atoms with Crippen molar-refractivity contribution < 1.29 is 9.59 Å². The fourth-order valence-electron chi connectivity index (χ4n) is 4.05. The van der Waals surface area contributed by atoms with Gasteiger partial charge in [-0.15, -0.1) is 0 Å². The second-order valence-corrected chi connectivity index (χ2v) is 9.34. The first-order valence-corrected chi connectivity index (χ1v) is 10.6. The number of hydrogen-bond donors (Lipinski definition) is 0. The van der Waals surface area contributed by atoms with Crippen LogP contribution >= 0.6 is 0 Å². The van der Waals surface area contributed by atoms with E-state index < -0.39 is 5.41 Å². The lowest BCUT2D eigenvalue weighted by Gasteiger charge is -2.43. The Morgan fingerprint density at radius 3 is 1.43 bits per heavy atom. The normalized spacial score (nSPS) is 16.7. The molecule has 4 nitrogen and oxygen atoms in total. The molecule has 1 saturated heterocycles. The van der Waals surface area contributed by atoms with Crippen molar-refractivity contribution in [1.29, 1.82) is 0 Å². The van der Waals surface area contributed by atoms with Crippen molar-refractivity contribution in [3.8, 4) is 0 Å². The molecule has 1 aliphatic heterocycles. The second kappa shape index (κ2) is 7.90. The van der Waals surface area contributed by atoms with Crippen LogP contribution in [0.5, 0.6) is 0 Å². The molecule has 1 aliphatic rings. The smallest absolute Gasteiger partial charge is 0.244 e. The van der Waals surface area contributed by atoms with Gasteiger partial charge >= 0.3 is 0 Å². The van der Waals surface area contributed by atoms with Gasteiger partial charge in [0.2, 0.25) is 18.5 Å². The number of benzene rings is 2. The Morgan fingerprint density at radius 1 is 0.733 bits per heavy atom. The van der Waals surface area contributed by atoms with Crippen molar-refractivity contribution in [3.63, 3.8) is 0 Å². The molecule has 1 fully saturated rings. The zero-order chi connectivity index (χ0) is 22.4. The minimum atomic E-state index is -1.20. The van der Waals surface area contributed by atoms with Gasteiger partial charge in [-0.2, -0.15) is 0 Å². The molecule has 0 unspecified atom stereocenters. The molecule has 0 aliphatic carbocycles. The number of amides is 2. The predicted molar refractivity (Wildman–Crippen MR) is 123 cm³/mol. The number of rotatable bonds is 4. The van der Waals surface area contributed by atoms with Crippen LogP contribution in [0.3, 0.4) is 0 Å². The highest BCUT2D eigenvalue weighted by Gasteiger charge is 2.50. The highest BCUT2D eigenvalue weighted by atomic mass is 16.2. The third kappa shape index (κ3) is 3.53. The summed E-state index contributed by atoms with van der Waals surface area (Å²) in [4.78, 5) is 30.1. The van der Waals surface area contributed by atoms with Crippen molar-refractivity contribution >= 4 is 23.2 Å². The van der Waals surface area contributed by atoms with Gasteiger partial charge in [-0.1, -0.05) is 64.1 Å². The van der Waals surface area contributed by atoms with Gasteiger partial charge in [0.15, 0.2) is 0 Å². The van der Waals surface area contributed by atoms with Gasteiger partial charge in [0.1, 0.15) is 5.41 Å². The maximum Gasteiger partial charge on any atom is 0.244 e. The molecule has 2 amide bonds. The van der Waals surface area contributed by atoms with Crippen molar-refractivity contribution in [2.75, 3.05) is 9.80 Å². The molecule has 2 radical (unpaired) electrons. The summed E-state index contributed by atoms with van der Waals surface area (Å²) in [5.41, 5.74) is 4.55. The molecule has 1 heterocycles. The quantitative estimate of drug-likeness (QED) is 0.591. The summed E-state index contributed by atoms with van der Waals surface area (Å²) in [5.74, 6) is -0.0407. The fourth-order valence-corrected chi connectivity index (χ4v) is 4.05. The van der Waals surface area contributed by atoms with E-state index in [0.29, 0.717) is 0 Å². The lowest BCUT2D eigenvalue weighted by molar-refractivity contribution is -0.139. The summed E-state index contributed by atoms with van der Waals surface area (Å²) in [6, 6.07) is 12.1. The molecule has 2 aromatic rings. The molecular formula is C26H32N2O2. The summed E-state index contributed by atoms with van der Waals surface area (Å²) < 4.78 is 0. The Kier molecular flexibility index (Phi) is 5.81. The topological polar surface area (TPSA) is 40.6 Å². The van der Waals surface area contributed by atoms with Crippen LogP contribution in [0, 0.1) is 25.9 Å². The number of carbonyl (C=O) groups excluding carboxylic acids is 2. The van der Waals surface area contributed by atoms with Crippen LogP contribution in [0.25, 0.3) is 0 Å². The van der Waals surface area contributed by atoms with Crippen LogP contribution in [0.4, 0.5) is 11.4 Å². The van der Waals surface area contributed by atoms with Crippen LogP contribution in [0.2, 0.25) is 0 Å². The maximum atomic E-state index is 13.5. The van der Waals surface area contributed by atoms with E-state index in [1.54, 1.807) is 23.6 Å². The Bertz CT molecular complexity index is 911. The van der Waals surface area contributed by atoms with E-state index in [4.69, 9.17) is 0 Å². The number of carbonyl (C=O) groups is 2. The fraction of sp³-hybridized carbons (Fsp3) is 0.423. The minimum absolute atomic E-state index is 0.230. The van der Waals surface area contributed by atoms with E-state index >= 15 is 0 Å². The van der Waals surface area contributed by atoms with Gasteiger partial charge in [-0.3, -0.25) is 19.4 Å². The summed E-state index contributed by atoms with van der Waals surface area (Å²) >= 11 is 0. The first-order valence-electron chi connectivity index (χ1n) is 10.6. The number of para-hydroxylation sites is 2. The number of hydrogen-bond acceptors (Lipinski definition) is 2. The van der Waals surface area contributed by atoms with Crippen molar-refractivity contribution in [3.05, 3.63) is 65.3 Å². The van der Waals surface area contributed by atoms with Crippen LogP contribution < -0.4 is 9.80 Å². The molecule has 0 saturated carbocycles. The van der Waals surface area contributed by atoms with Gasteiger partial charge < -0.3 is 0 Å². The average molecular weight is 405 g/mol. The maximum absolute atomic E-state index is 13.5. The SMILES string of the molecule is Cc1cccc(C(C)C)c1N1[C]N(c2c(C)cccc2C(C)C)C(=O)C(C)(C)C1=O. The molecule has 158 valence electrons. The Balaban J connectivity index is 2.22. The molecule has 4 heteroatoms. The monoisotopic (exact) mass is 404 g/mol. The molecule has 0 bridgehead atoms. The zero-order valence-corrected chi connectivity index (χ0v) is 19.3. The lowest BCUT2D eigenvalue weighted by atomic mass is 9.85. The lowest BCUT2D eigenvalue weighted by Crippen LogP contribution is -2.59. The van der Waals surface area contributed by atoms with Gasteiger partial charge in [0, 0.05) is 0 Å². The molecular weight excluding hydrogens is 372 g/mol. The molecule has 30 heavy (non-hydrogen) atoms. The van der Waals surface area contributed by atoms with Crippen molar-refractivity contribution in [2.24, 2.45) is 5.41 Å². The van der Waals surface area contributed by atoms with E-state index in [1.807, 2.05) is 50.2 Å². The van der Waals surface area contributed by atoms with Gasteiger partial charge in [0.25, 0.3) is 0 Å². The van der Waals surface area contributed by atoms with E-state index in [2.05, 4.69) is 34.4 Å². The standard InChI is InChI=1S/C26H32N2O2/c1-16(2)20-13-9-11-18(5)22(20)27-15-28(25(30)26(7,8)24(27)29)23-19(6)12-10-14-21(23)17(3)4/h9-14,16-17H,1-8H3. The van der Waals surface area contributed by atoms with Crippen molar-refractivity contribution in [2.45, 2.75) is 67.2 Å². The predicted octanol–water partition coefficient (Wildman–Crippen LogP) is 5.95. The summed E-state index contributed by atoms with van der Waals surface area (Å²) in [7, 11) is 0. The highest BCUT2D eigenvalue weighted by molar-refractivity contribution is 6.21. The van der Waals surface area contributed by atoms with E-state index in [0.717, 1.165) is 33.6 Å². The van der Waals surface area contributed by atoms with Crippen LogP contribution in [-0.2, 0) is 9.59 Å². The zero-order valence-electron chi connectivity index (χ0n) is 19.3. The highest BCUT2D eigenvalue weighted by Crippen LogP contribution is 2.42. The largest absolute Gasteiger partial charge is 0.278 e. The second-order valence-electron chi connectivity index (χ2n) is 9.34. The summed E-state index contributed by atoms with van der Waals surface area (Å²) in [6.45, 7) is 19.0. The van der Waals surface area contributed by atoms with E-state index in [9.17, 15) is 9.59 Å².